The highest BCUT2D eigenvalue weighted by Crippen LogP contribution is 2.45. The molecular formula is C89H140O17P2. The van der Waals surface area contributed by atoms with Gasteiger partial charge < -0.3 is 33.8 Å². The Balaban J connectivity index is 5.51. The fourth-order valence-corrected chi connectivity index (χ4v) is 11.3. The molecule has 608 valence electrons. The average Bonchev–Trinajstić information content (AvgIpc) is 0.916. The largest absolute Gasteiger partial charge is 0.472 e. The zero-order chi connectivity index (χ0) is 78.9. The summed E-state index contributed by atoms with van der Waals surface area (Å²) in [7, 11) is -10.0. The van der Waals surface area contributed by atoms with Gasteiger partial charge >= 0.3 is 39.5 Å². The molecule has 5 atom stereocenters. The Morgan fingerprint density at radius 3 is 0.833 bits per heavy atom. The number of ether oxygens (including phenoxy) is 4. The van der Waals surface area contributed by atoms with Crippen LogP contribution in [0.25, 0.3) is 0 Å². The number of rotatable bonds is 73. The summed E-state index contributed by atoms with van der Waals surface area (Å²) in [6.45, 7) is 4.25. The molecule has 5 unspecified atom stereocenters. The van der Waals surface area contributed by atoms with Gasteiger partial charge in [0.2, 0.25) is 0 Å². The van der Waals surface area contributed by atoms with E-state index in [0.29, 0.717) is 38.5 Å². The van der Waals surface area contributed by atoms with Crippen molar-refractivity contribution in [2.75, 3.05) is 39.6 Å². The first-order valence-electron chi connectivity index (χ1n) is 40.3. The summed E-state index contributed by atoms with van der Waals surface area (Å²) in [5.74, 6) is -2.40. The van der Waals surface area contributed by atoms with Crippen LogP contribution in [0, 0.1) is 0 Å². The monoisotopic (exact) mass is 1540 g/mol. The van der Waals surface area contributed by atoms with E-state index in [4.69, 9.17) is 37.0 Å². The molecule has 0 heterocycles. The summed E-state index contributed by atoms with van der Waals surface area (Å²) >= 11 is 0. The molecule has 0 rings (SSSR count). The zero-order valence-electron chi connectivity index (χ0n) is 66.4. The van der Waals surface area contributed by atoms with E-state index >= 15 is 0 Å². The molecule has 0 aliphatic heterocycles. The van der Waals surface area contributed by atoms with Crippen LogP contribution in [-0.4, -0.2) is 96.7 Å². The number of phosphoric acid groups is 2. The van der Waals surface area contributed by atoms with Crippen molar-refractivity contribution in [1.82, 2.24) is 0 Å². The summed E-state index contributed by atoms with van der Waals surface area (Å²) in [6.07, 6.45) is 98.3. The van der Waals surface area contributed by atoms with Gasteiger partial charge in [-0.05, 0) is 167 Å². The van der Waals surface area contributed by atoms with Gasteiger partial charge in [-0.2, -0.15) is 0 Å². The number of aliphatic hydroxyl groups is 1. The summed E-state index contributed by atoms with van der Waals surface area (Å²) in [4.78, 5) is 73.0. The highest BCUT2D eigenvalue weighted by Gasteiger charge is 2.30. The molecule has 0 aromatic rings. The van der Waals surface area contributed by atoms with Gasteiger partial charge in [0.25, 0.3) is 0 Å². The number of phosphoric ester groups is 2. The van der Waals surface area contributed by atoms with E-state index in [1.54, 1.807) is 0 Å². The van der Waals surface area contributed by atoms with Crippen LogP contribution in [-0.2, 0) is 65.4 Å². The average molecular weight is 1540 g/mol. The molecule has 0 aromatic heterocycles. The molecule has 0 saturated carbocycles. The van der Waals surface area contributed by atoms with Crippen LogP contribution in [0.3, 0.4) is 0 Å². The van der Waals surface area contributed by atoms with Gasteiger partial charge in [-0.3, -0.25) is 37.3 Å². The molecule has 0 spiro atoms. The first kappa shape index (κ1) is 102. The second-order valence-electron chi connectivity index (χ2n) is 25.9. The maximum atomic E-state index is 13.1. The van der Waals surface area contributed by atoms with Gasteiger partial charge in [-0.25, -0.2) is 9.13 Å². The number of hydrogen-bond donors (Lipinski definition) is 3. The normalized spacial score (nSPS) is 14.9. The second-order valence-corrected chi connectivity index (χ2v) is 28.8. The van der Waals surface area contributed by atoms with Crippen LogP contribution < -0.4 is 0 Å². The molecule has 0 aliphatic rings. The Labute approximate surface area is 652 Å². The quantitative estimate of drug-likeness (QED) is 0.0169. The fourth-order valence-electron chi connectivity index (χ4n) is 9.72. The van der Waals surface area contributed by atoms with E-state index < -0.39 is 97.5 Å². The van der Waals surface area contributed by atoms with E-state index in [2.05, 4.69) is 204 Å². The SMILES string of the molecule is CC/C=C\C/C=C\C/C=C\C/C=C\C/C=C\C/C=C\CCC(=O)OCC(COP(=O)(O)OCC(O)COP(=O)(O)OCC(COC(=O)CCCCCCCC/C=C\C/C=C\C/C=C\C/C=C\CC)OC(=O)CCC/C=C\C/C=C\C/C=C\C/C=C\C/C=C\CC)OC(=O)CCCCCCC/C=C\C/C=C\CCC. The van der Waals surface area contributed by atoms with Crippen molar-refractivity contribution in [3.05, 3.63) is 207 Å². The highest BCUT2D eigenvalue weighted by atomic mass is 31.2. The van der Waals surface area contributed by atoms with E-state index in [-0.39, 0.29) is 25.7 Å². The lowest BCUT2D eigenvalue weighted by Crippen LogP contribution is -2.30. The molecule has 0 amide bonds. The van der Waals surface area contributed by atoms with Crippen LogP contribution in [0.2, 0.25) is 0 Å². The summed E-state index contributed by atoms with van der Waals surface area (Å²) in [6, 6.07) is 0. The van der Waals surface area contributed by atoms with Crippen LogP contribution in [0.4, 0.5) is 0 Å². The Hall–Kier alpha value is -6.36. The fraction of sp³-hybridized carbons (Fsp3) is 0.573. The van der Waals surface area contributed by atoms with Gasteiger partial charge in [0.05, 0.1) is 26.4 Å². The van der Waals surface area contributed by atoms with Gasteiger partial charge in [0.15, 0.2) is 12.2 Å². The minimum atomic E-state index is -5.02. The van der Waals surface area contributed by atoms with Gasteiger partial charge in [-0.15, -0.1) is 0 Å². The molecular weight excluding hydrogens is 1400 g/mol. The van der Waals surface area contributed by atoms with Crippen LogP contribution in [0.15, 0.2) is 207 Å². The Kier molecular flexibility index (Phi) is 74.1. The van der Waals surface area contributed by atoms with E-state index in [0.717, 1.165) is 180 Å². The number of esters is 4. The number of unbranched alkanes of at least 4 members (excludes halogenated alkanes) is 13. The lowest BCUT2D eigenvalue weighted by Gasteiger charge is -2.21. The van der Waals surface area contributed by atoms with Crippen molar-refractivity contribution in [3.8, 4) is 0 Å². The number of allylic oxidation sites excluding steroid dienone is 34. The molecule has 0 aliphatic carbocycles. The first-order chi connectivity index (χ1) is 52.7. The number of carbonyl (C=O) groups is 4. The standard InChI is InChI=1S/C89H140O17P2/c1-5-9-13-17-21-25-29-33-36-39-41-44-46-50-53-57-61-65-69-73-86(91)99-79-84(105-88(93)75-71-67-63-59-55-49-32-28-24-20-16-12-8-4)81-103-107(95,96)101-77-83(90)78-102-108(97,98)104-82-85(106-89(94)76-72-68-64-60-56-52-48-43-38-35-31-27-23-19-15-11-7-3)80-100-87(92)74-70-66-62-58-54-51-47-45-42-40-37-34-30-26-22-18-14-10-6-2/h9-11,13-16,20-23,25-28,32-38,41-42,44-45,48,50,52-53,60-61,64-65,83-85,90H,5-8,12,17-19,24,29-31,39-40,43,46-47,49,51,54-59,62-63,66-82H2,1-4H3,(H,95,96)(H,97,98)/b13-9-,14-10-,15-11-,20-16-,25-21-,26-22-,27-23-,32-28-,36-33-,37-34-,38-35-,44-41-,45-42-,52-48-,53-50-,64-60-,65-61-. The number of carbonyl (C=O) groups excluding carboxylic acids is 4. The maximum Gasteiger partial charge on any atom is 0.472 e. The van der Waals surface area contributed by atoms with Crippen molar-refractivity contribution in [2.45, 2.75) is 290 Å². The summed E-state index contributed by atoms with van der Waals surface area (Å²) < 4.78 is 68.5. The van der Waals surface area contributed by atoms with Crippen molar-refractivity contribution in [3.63, 3.8) is 0 Å². The van der Waals surface area contributed by atoms with E-state index in [9.17, 15) is 43.2 Å². The van der Waals surface area contributed by atoms with Crippen molar-refractivity contribution < 1.29 is 80.2 Å². The minimum Gasteiger partial charge on any atom is -0.462 e. The van der Waals surface area contributed by atoms with E-state index in [1.807, 2.05) is 30.4 Å². The van der Waals surface area contributed by atoms with Crippen LogP contribution in [0.1, 0.15) is 272 Å². The third-order valence-electron chi connectivity index (χ3n) is 15.7. The van der Waals surface area contributed by atoms with Crippen LogP contribution >= 0.6 is 15.6 Å². The Bertz CT molecular complexity index is 2860. The molecule has 0 bridgehead atoms. The molecule has 19 heteroatoms. The minimum absolute atomic E-state index is 0.00260. The molecule has 0 fully saturated rings. The van der Waals surface area contributed by atoms with Crippen molar-refractivity contribution >= 4 is 39.5 Å². The Morgan fingerprint density at radius 2 is 0.509 bits per heavy atom. The van der Waals surface area contributed by atoms with E-state index in [1.165, 1.54) is 0 Å². The third kappa shape index (κ3) is 77.8. The molecule has 0 radical (unpaired) electrons. The van der Waals surface area contributed by atoms with Crippen molar-refractivity contribution in [1.29, 1.82) is 0 Å². The Morgan fingerprint density at radius 1 is 0.269 bits per heavy atom. The summed E-state index contributed by atoms with van der Waals surface area (Å²) in [5, 5.41) is 10.6. The predicted molar refractivity (Wildman–Crippen MR) is 445 cm³/mol. The second kappa shape index (κ2) is 78.8. The number of hydrogen-bond acceptors (Lipinski definition) is 15. The number of aliphatic hydroxyl groups excluding tert-OH is 1. The molecule has 3 N–H and O–H groups in total. The molecule has 0 aromatic carbocycles. The lowest BCUT2D eigenvalue weighted by molar-refractivity contribution is -0.161. The first-order valence-corrected chi connectivity index (χ1v) is 43.3. The van der Waals surface area contributed by atoms with Crippen LogP contribution in [0.5, 0.6) is 0 Å². The summed E-state index contributed by atoms with van der Waals surface area (Å²) in [5.41, 5.74) is 0. The molecule has 0 saturated heterocycles. The van der Waals surface area contributed by atoms with Gasteiger partial charge in [0.1, 0.15) is 19.3 Å². The highest BCUT2D eigenvalue weighted by molar-refractivity contribution is 7.47. The third-order valence-corrected chi connectivity index (χ3v) is 17.6. The molecule has 108 heavy (non-hydrogen) atoms. The maximum absolute atomic E-state index is 13.1. The lowest BCUT2D eigenvalue weighted by atomic mass is 10.1. The smallest absolute Gasteiger partial charge is 0.462 e. The predicted octanol–water partition coefficient (Wildman–Crippen LogP) is 23.9. The van der Waals surface area contributed by atoms with Gasteiger partial charge in [-0.1, -0.05) is 286 Å². The van der Waals surface area contributed by atoms with Gasteiger partial charge in [0, 0.05) is 25.7 Å². The zero-order valence-corrected chi connectivity index (χ0v) is 68.2. The molecule has 17 nitrogen and oxygen atoms in total. The topological polar surface area (TPSA) is 237 Å². The van der Waals surface area contributed by atoms with Crippen molar-refractivity contribution in [2.24, 2.45) is 0 Å².